The molecule has 22 heavy (non-hydrogen) atoms. The largest absolute Gasteiger partial charge is 0.461 e. The number of esters is 1. The molecule has 0 aliphatic carbocycles. The number of nitrogens with zero attached hydrogens (tertiary/aromatic N) is 2. The Kier molecular flexibility index (Phi) is 6.93. The number of carbonyl (C=O) groups excluding carboxylic acids is 2. The number of nitrogens with one attached hydrogen (secondary N) is 1. The van der Waals surface area contributed by atoms with Crippen LogP contribution in [-0.4, -0.2) is 34.1 Å². The Morgan fingerprint density at radius 2 is 2.05 bits per heavy atom. The van der Waals surface area contributed by atoms with E-state index in [1.807, 2.05) is 0 Å². The molecule has 10 heteroatoms. The van der Waals surface area contributed by atoms with E-state index in [-0.39, 0.29) is 12.2 Å². The minimum atomic E-state index is -1.60. The fraction of sp³-hybridized carbons (Fsp3) is 0.250. The summed E-state index contributed by atoms with van der Waals surface area (Å²) in [5.41, 5.74) is 1.71. The van der Waals surface area contributed by atoms with Gasteiger partial charge in [-0.05, 0) is 31.2 Å². The lowest BCUT2D eigenvalue weighted by Crippen LogP contribution is -2.34. The molecule has 0 aliphatic heterocycles. The zero-order valence-electron chi connectivity index (χ0n) is 11.3. The Bertz CT molecular complexity index is 605. The number of rotatable bonds is 6. The highest BCUT2D eigenvalue weighted by Gasteiger charge is 2.31. The standard InChI is InChI=1S/C12H11BrClN3O5/c1-2-22-12(19)9(10(13)17(20)21)15-16-11(18)7-3-5-8(14)6-4-7/h3-6,10H,2H2,1H3,(H,16,18). The van der Waals surface area contributed by atoms with Gasteiger partial charge in [0, 0.05) is 31.4 Å². The van der Waals surface area contributed by atoms with Gasteiger partial charge in [0.25, 0.3) is 5.91 Å². The van der Waals surface area contributed by atoms with Crippen LogP contribution in [0.2, 0.25) is 5.02 Å². The predicted octanol–water partition coefficient (Wildman–Crippen LogP) is 1.99. The number of amides is 1. The van der Waals surface area contributed by atoms with Crippen LogP contribution < -0.4 is 5.43 Å². The van der Waals surface area contributed by atoms with Crippen LogP contribution in [0.1, 0.15) is 17.3 Å². The van der Waals surface area contributed by atoms with Crippen LogP contribution in [0.3, 0.4) is 0 Å². The molecule has 8 nitrogen and oxygen atoms in total. The summed E-state index contributed by atoms with van der Waals surface area (Å²) in [7, 11) is 0. The summed E-state index contributed by atoms with van der Waals surface area (Å²) in [5, 5.41) is 14.7. The molecule has 0 bridgehead atoms. The average molecular weight is 393 g/mol. The Morgan fingerprint density at radius 3 is 2.55 bits per heavy atom. The maximum Gasteiger partial charge on any atom is 0.362 e. The summed E-state index contributed by atoms with van der Waals surface area (Å²) >= 11 is 8.39. The van der Waals surface area contributed by atoms with Gasteiger partial charge in [0.1, 0.15) is 0 Å². The third-order valence-corrected chi connectivity index (χ3v) is 3.30. The zero-order chi connectivity index (χ0) is 16.7. The van der Waals surface area contributed by atoms with Crippen LogP contribution in [0.15, 0.2) is 29.4 Å². The highest BCUT2D eigenvalue weighted by atomic mass is 79.9. The Labute approximate surface area is 138 Å². The van der Waals surface area contributed by atoms with E-state index in [0.717, 1.165) is 0 Å². The summed E-state index contributed by atoms with van der Waals surface area (Å²) in [4.78, 5) is 31.8. The first-order chi connectivity index (χ1) is 10.4. The second-order valence-electron chi connectivity index (χ2n) is 3.79. The van der Waals surface area contributed by atoms with Crippen molar-refractivity contribution in [3.8, 4) is 0 Å². The van der Waals surface area contributed by atoms with E-state index in [1.165, 1.54) is 31.2 Å². The molecule has 1 unspecified atom stereocenters. The van der Waals surface area contributed by atoms with E-state index in [0.29, 0.717) is 5.02 Å². The number of halogens is 2. The van der Waals surface area contributed by atoms with Crippen LogP contribution in [0.4, 0.5) is 0 Å². The van der Waals surface area contributed by atoms with E-state index in [1.54, 1.807) is 0 Å². The molecule has 0 aromatic heterocycles. The second-order valence-corrected chi connectivity index (χ2v) is 5.09. The maximum absolute atomic E-state index is 11.8. The quantitative estimate of drug-likeness (QED) is 0.199. The molecule has 0 heterocycles. The molecular weight excluding hydrogens is 382 g/mol. The molecule has 0 saturated carbocycles. The highest BCUT2D eigenvalue weighted by molar-refractivity contribution is 9.09. The number of hydrogen-bond donors (Lipinski definition) is 1. The Balaban J connectivity index is 2.92. The third-order valence-electron chi connectivity index (χ3n) is 2.28. The maximum atomic E-state index is 11.8. The van der Waals surface area contributed by atoms with E-state index >= 15 is 0 Å². The van der Waals surface area contributed by atoms with Crippen LogP contribution in [0, 0.1) is 10.1 Å². The molecular formula is C12H11BrClN3O5. The predicted molar refractivity (Wildman–Crippen MR) is 82.7 cm³/mol. The van der Waals surface area contributed by atoms with Crippen molar-refractivity contribution in [2.75, 3.05) is 6.61 Å². The molecule has 118 valence electrons. The molecule has 0 saturated heterocycles. The molecule has 0 aliphatic rings. The van der Waals surface area contributed by atoms with Crippen molar-refractivity contribution < 1.29 is 19.2 Å². The average Bonchev–Trinajstić information content (AvgIpc) is 2.47. The van der Waals surface area contributed by atoms with Gasteiger partial charge >= 0.3 is 10.9 Å². The number of hydrazone groups is 1. The number of alkyl halides is 1. The van der Waals surface area contributed by atoms with Gasteiger partial charge in [-0.15, -0.1) is 0 Å². The van der Waals surface area contributed by atoms with Crippen molar-refractivity contribution in [2.24, 2.45) is 5.10 Å². The SMILES string of the molecule is CCOC(=O)C(=NNC(=O)c1ccc(Cl)cc1)C(Br)[N+](=O)[O-]. The smallest absolute Gasteiger partial charge is 0.362 e. The number of ether oxygens (including phenoxy) is 1. The molecule has 1 atom stereocenters. The Morgan fingerprint density at radius 1 is 1.45 bits per heavy atom. The van der Waals surface area contributed by atoms with Gasteiger partial charge < -0.3 is 4.74 Å². The second kappa shape index (κ2) is 8.44. The van der Waals surface area contributed by atoms with E-state index < -0.39 is 27.5 Å². The van der Waals surface area contributed by atoms with E-state index in [4.69, 9.17) is 11.6 Å². The molecule has 1 amide bonds. The number of nitro groups is 1. The van der Waals surface area contributed by atoms with Gasteiger partial charge in [-0.25, -0.2) is 10.2 Å². The van der Waals surface area contributed by atoms with E-state index in [9.17, 15) is 19.7 Å². The minimum absolute atomic E-state index is 0.0143. The first kappa shape index (κ1) is 18.1. The molecule has 1 aromatic carbocycles. The van der Waals surface area contributed by atoms with Gasteiger partial charge in [0.2, 0.25) is 5.71 Å². The van der Waals surface area contributed by atoms with Crippen LogP contribution in [-0.2, 0) is 9.53 Å². The minimum Gasteiger partial charge on any atom is -0.461 e. The number of hydrogen-bond acceptors (Lipinski definition) is 6. The monoisotopic (exact) mass is 391 g/mol. The van der Waals surface area contributed by atoms with Crippen molar-refractivity contribution in [1.29, 1.82) is 0 Å². The van der Waals surface area contributed by atoms with Gasteiger partial charge in [0.15, 0.2) is 0 Å². The molecule has 1 aromatic rings. The van der Waals surface area contributed by atoms with Crippen molar-refractivity contribution >= 4 is 45.1 Å². The summed E-state index contributed by atoms with van der Waals surface area (Å²) in [5.74, 6) is -1.65. The first-order valence-corrected chi connectivity index (χ1v) is 7.24. The molecule has 0 radical (unpaired) electrons. The van der Waals surface area contributed by atoms with Crippen molar-refractivity contribution in [1.82, 2.24) is 5.43 Å². The van der Waals surface area contributed by atoms with Gasteiger partial charge in [-0.1, -0.05) is 11.6 Å². The molecule has 0 spiro atoms. The summed E-state index contributed by atoms with van der Waals surface area (Å²) in [6, 6.07) is 5.88. The van der Waals surface area contributed by atoms with Crippen molar-refractivity contribution in [3.05, 3.63) is 45.0 Å². The lowest BCUT2D eigenvalue weighted by molar-refractivity contribution is -0.474. The summed E-state index contributed by atoms with van der Waals surface area (Å²) < 4.78 is 4.66. The van der Waals surface area contributed by atoms with Crippen LogP contribution >= 0.6 is 27.5 Å². The van der Waals surface area contributed by atoms with Crippen LogP contribution in [0.5, 0.6) is 0 Å². The first-order valence-electron chi connectivity index (χ1n) is 5.95. The van der Waals surface area contributed by atoms with E-state index in [2.05, 4.69) is 31.2 Å². The summed E-state index contributed by atoms with van der Waals surface area (Å²) in [6.45, 7) is 1.55. The molecule has 1 N–H and O–H groups in total. The lowest BCUT2D eigenvalue weighted by atomic mass is 10.2. The van der Waals surface area contributed by atoms with Gasteiger partial charge in [-0.2, -0.15) is 5.10 Å². The van der Waals surface area contributed by atoms with Gasteiger partial charge in [0.05, 0.1) is 6.61 Å². The normalized spacial score (nSPS) is 12.4. The highest BCUT2D eigenvalue weighted by Crippen LogP contribution is 2.10. The number of benzene rings is 1. The third kappa shape index (κ3) is 5.08. The summed E-state index contributed by atoms with van der Waals surface area (Å²) in [6.07, 6.45) is 0. The number of carbonyl (C=O) groups is 2. The van der Waals surface area contributed by atoms with Crippen LogP contribution in [0.25, 0.3) is 0 Å². The van der Waals surface area contributed by atoms with Crippen molar-refractivity contribution in [3.63, 3.8) is 0 Å². The fourth-order valence-corrected chi connectivity index (χ4v) is 1.69. The zero-order valence-corrected chi connectivity index (χ0v) is 13.6. The molecule has 1 rings (SSSR count). The van der Waals surface area contributed by atoms with Crippen molar-refractivity contribution in [2.45, 2.75) is 11.9 Å². The Hall–Kier alpha value is -2.00. The molecule has 0 fully saturated rings. The fourth-order valence-electron chi connectivity index (χ4n) is 1.28. The topological polar surface area (TPSA) is 111 Å². The lowest BCUT2D eigenvalue weighted by Gasteiger charge is -2.07. The van der Waals surface area contributed by atoms with Gasteiger partial charge in [-0.3, -0.25) is 14.9 Å².